The quantitative estimate of drug-likeness (QED) is 0.721. The van der Waals surface area contributed by atoms with Gasteiger partial charge in [0, 0.05) is 11.4 Å². The van der Waals surface area contributed by atoms with E-state index in [1.807, 2.05) is 31.2 Å². The van der Waals surface area contributed by atoms with E-state index in [4.69, 9.17) is 4.52 Å². The Morgan fingerprint density at radius 3 is 2.50 bits per heavy atom. The van der Waals surface area contributed by atoms with Gasteiger partial charge < -0.3 is 9.84 Å². The van der Waals surface area contributed by atoms with Gasteiger partial charge in [0.1, 0.15) is 0 Å². The molecule has 0 atom stereocenters. The topological polar surface area (TPSA) is 68.0 Å². The fraction of sp³-hybridized carbons (Fsp3) is 0.591. The van der Waals surface area contributed by atoms with E-state index in [9.17, 15) is 4.79 Å². The third-order valence-corrected chi connectivity index (χ3v) is 7.90. The molecule has 4 aliphatic carbocycles. The van der Waals surface area contributed by atoms with Crippen molar-refractivity contribution in [1.29, 1.82) is 0 Å². The maximum Gasteiger partial charge on any atom is 0.252 e. The van der Waals surface area contributed by atoms with Gasteiger partial charge in [-0.1, -0.05) is 17.3 Å². The number of carbonyl (C=O) groups is 1. The van der Waals surface area contributed by atoms with Gasteiger partial charge in [-0.3, -0.25) is 4.79 Å². The van der Waals surface area contributed by atoms with Gasteiger partial charge in [-0.2, -0.15) is 4.98 Å². The van der Waals surface area contributed by atoms with Gasteiger partial charge in [-0.15, -0.1) is 11.8 Å². The van der Waals surface area contributed by atoms with Crippen molar-refractivity contribution in [2.75, 3.05) is 6.54 Å². The molecule has 4 bridgehead atoms. The maximum atomic E-state index is 13.0. The molecule has 6 heteroatoms. The number of nitrogens with zero attached hydrogens (tertiary/aromatic N) is 2. The molecule has 2 aromatic rings. The van der Waals surface area contributed by atoms with Crippen molar-refractivity contribution < 1.29 is 9.32 Å². The van der Waals surface area contributed by atoms with E-state index in [0.29, 0.717) is 22.9 Å². The van der Waals surface area contributed by atoms with Crippen molar-refractivity contribution in [3.05, 3.63) is 41.5 Å². The molecule has 5 nitrogen and oxygen atoms in total. The minimum Gasteiger partial charge on any atom is -0.351 e. The van der Waals surface area contributed by atoms with Gasteiger partial charge in [-0.05, 0) is 80.8 Å². The number of nitrogens with one attached hydrogen (secondary N) is 1. The molecule has 148 valence electrons. The van der Waals surface area contributed by atoms with Crippen LogP contribution < -0.4 is 5.32 Å². The van der Waals surface area contributed by atoms with E-state index in [-0.39, 0.29) is 5.91 Å². The summed E-state index contributed by atoms with van der Waals surface area (Å²) in [6, 6.07) is 7.81. The Hall–Kier alpha value is -1.82. The number of carbonyl (C=O) groups excluding carboxylic acids is 1. The van der Waals surface area contributed by atoms with Crippen LogP contribution in [-0.4, -0.2) is 22.6 Å². The fourth-order valence-corrected chi connectivity index (χ4v) is 7.08. The molecule has 1 heterocycles. The lowest BCUT2D eigenvalue weighted by atomic mass is 9.49. The first-order valence-electron chi connectivity index (χ1n) is 10.4. The van der Waals surface area contributed by atoms with Crippen LogP contribution in [0, 0.1) is 30.1 Å². The summed E-state index contributed by atoms with van der Waals surface area (Å²) in [7, 11) is 0. The van der Waals surface area contributed by atoms with E-state index < -0.39 is 0 Å². The second kappa shape index (κ2) is 7.21. The van der Waals surface area contributed by atoms with Gasteiger partial charge in [-0.25, -0.2) is 0 Å². The van der Waals surface area contributed by atoms with Crippen LogP contribution in [0.15, 0.2) is 33.7 Å². The Morgan fingerprint density at radius 1 is 1.18 bits per heavy atom. The molecule has 1 aromatic carbocycles. The number of benzene rings is 1. The Bertz CT molecular complexity index is 843. The zero-order valence-electron chi connectivity index (χ0n) is 16.3. The zero-order valence-corrected chi connectivity index (χ0v) is 17.1. The molecule has 0 spiro atoms. The standard InChI is InChI=1S/C22H27N3O2S/c1-14-24-20(27-25-14)12-28-19-5-3-2-4-18(19)21(26)23-13-22-9-15-6-16(10-22)8-17(7-15)11-22/h2-5,15-17H,6-13H2,1H3,(H,23,26). The lowest BCUT2D eigenvalue weighted by Gasteiger charge is -2.56. The summed E-state index contributed by atoms with van der Waals surface area (Å²) >= 11 is 1.57. The second-order valence-electron chi connectivity index (χ2n) is 9.12. The highest BCUT2D eigenvalue weighted by Crippen LogP contribution is 2.59. The Balaban J connectivity index is 1.24. The first kappa shape index (κ1) is 18.2. The van der Waals surface area contributed by atoms with E-state index in [2.05, 4.69) is 15.5 Å². The van der Waals surface area contributed by atoms with Crippen LogP contribution in [0.1, 0.15) is 60.6 Å². The SMILES string of the molecule is Cc1noc(CSc2ccccc2C(=O)NCC23CC4CC(CC(C4)C2)C3)n1. The lowest BCUT2D eigenvalue weighted by Crippen LogP contribution is -2.51. The molecule has 6 rings (SSSR count). The van der Waals surface area contributed by atoms with Crippen LogP contribution >= 0.6 is 11.8 Å². The molecule has 0 aliphatic heterocycles. The number of amides is 1. The van der Waals surface area contributed by atoms with Crippen LogP contribution in [0.2, 0.25) is 0 Å². The van der Waals surface area contributed by atoms with Gasteiger partial charge in [0.2, 0.25) is 5.89 Å². The summed E-state index contributed by atoms with van der Waals surface area (Å²) in [6.45, 7) is 2.64. The Labute approximate surface area is 170 Å². The molecule has 1 N–H and O–H groups in total. The van der Waals surface area contributed by atoms with Crippen LogP contribution in [0.5, 0.6) is 0 Å². The van der Waals surface area contributed by atoms with E-state index in [1.54, 1.807) is 11.8 Å². The summed E-state index contributed by atoms with van der Waals surface area (Å²) in [4.78, 5) is 18.2. The maximum absolute atomic E-state index is 13.0. The minimum atomic E-state index is 0.0422. The summed E-state index contributed by atoms with van der Waals surface area (Å²) in [5.41, 5.74) is 1.10. The zero-order chi connectivity index (χ0) is 19.1. The Kier molecular flexibility index (Phi) is 4.69. The highest BCUT2D eigenvalue weighted by Gasteiger charge is 2.50. The summed E-state index contributed by atoms with van der Waals surface area (Å²) in [5.74, 6) is 4.56. The van der Waals surface area contributed by atoms with Crippen LogP contribution in [-0.2, 0) is 5.75 Å². The van der Waals surface area contributed by atoms with E-state index >= 15 is 0 Å². The molecular formula is C22H27N3O2S. The summed E-state index contributed by atoms with van der Waals surface area (Å²) < 4.78 is 5.19. The number of hydrogen-bond acceptors (Lipinski definition) is 5. The van der Waals surface area contributed by atoms with Crippen molar-refractivity contribution in [3.63, 3.8) is 0 Å². The number of aromatic nitrogens is 2. The normalized spacial score (nSPS) is 30.5. The molecule has 4 saturated carbocycles. The molecule has 0 unspecified atom stereocenters. The van der Waals surface area contributed by atoms with Gasteiger partial charge in [0.05, 0.1) is 11.3 Å². The molecule has 4 aliphatic rings. The number of thioether (sulfide) groups is 1. The third kappa shape index (κ3) is 3.59. The van der Waals surface area contributed by atoms with Crippen LogP contribution in [0.3, 0.4) is 0 Å². The molecule has 1 amide bonds. The molecule has 0 saturated heterocycles. The summed E-state index contributed by atoms with van der Waals surface area (Å²) in [6.07, 6.45) is 8.23. The lowest BCUT2D eigenvalue weighted by molar-refractivity contribution is -0.0503. The van der Waals surface area contributed by atoms with Crippen molar-refractivity contribution in [2.45, 2.75) is 56.1 Å². The van der Waals surface area contributed by atoms with Crippen LogP contribution in [0.4, 0.5) is 0 Å². The van der Waals surface area contributed by atoms with Crippen molar-refractivity contribution in [1.82, 2.24) is 15.5 Å². The molecule has 1 aromatic heterocycles. The van der Waals surface area contributed by atoms with Gasteiger partial charge in [0.25, 0.3) is 5.91 Å². The van der Waals surface area contributed by atoms with Gasteiger partial charge in [0.15, 0.2) is 5.82 Å². The monoisotopic (exact) mass is 397 g/mol. The number of aryl methyl sites for hydroxylation is 1. The molecule has 28 heavy (non-hydrogen) atoms. The fourth-order valence-electron chi connectivity index (χ4n) is 6.19. The van der Waals surface area contributed by atoms with Crippen LogP contribution in [0.25, 0.3) is 0 Å². The second-order valence-corrected chi connectivity index (χ2v) is 10.1. The third-order valence-electron chi connectivity index (χ3n) is 6.84. The molecule has 4 fully saturated rings. The average Bonchev–Trinajstić information content (AvgIpc) is 3.09. The predicted molar refractivity (Wildman–Crippen MR) is 108 cm³/mol. The van der Waals surface area contributed by atoms with Crippen molar-refractivity contribution in [3.8, 4) is 0 Å². The van der Waals surface area contributed by atoms with E-state index in [1.165, 1.54) is 38.5 Å². The van der Waals surface area contributed by atoms with Crippen molar-refractivity contribution in [2.24, 2.45) is 23.2 Å². The number of hydrogen-bond donors (Lipinski definition) is 1. The Morgan fingerprint density at radius 2 is 1.86 bits per heavy atom. The minimum absolute atomic E-state index is 0.0422. The highest BCUT2D eigenvalue weighted by atomic mass is 32.2. The first-order valence-corrected chi connectivity index (χ1v) is 11.4. The van der Waals surface area contributed by atoms with E-state index in [0.717, 1.165) is 34.8 Å². The smallest absolute Gasteiger partial charge is 0.252 e. The van der Waals surface area contributed by atoms with Gasteiger partial charge >= 0.3 is 0 Å². The predicted octanol–water partition coefficient (Wildman–Crippen LogP) is 4.62. The van der Waals surface area contributed by atoms with Crippen molar-refractivity contribution >= 4 is 17.7 Å². The average molecular weight is 398 g/mol. The molecular weight excluding hydrogens is 370 g/mol. The first-order chi connectivity index (χ1) is 13.6. The molecule has 0 radical (unpaired) electrons. The summed E-state index contributed by atoms with van der Waals surface area (Å²) in [5, 5.41) is 7.12. The largest absolute Gasteiger partial charge is 0.351 e. The highest BCUT2D eigenvalue weighted by molar-refractivity contribution is 7.98. The number of rotatable bonds is 6.